The fourth-order valence-corrected chi connectivity index (χ4v) is 0.942. The van der Waals surface area contributed by atoms with Crippen molar-refractivity contribution in [3.8, 4) is 12.3 Å². The first-order chi connectivity index (χ1) is 5.83. The van der Waals surface area contributed by atoms with E-state index in [9.17, 15) is 0 Å². The van der Waals surface area contributed by atoms with Gasteiger partial charge in [0.15, 0.2) is 5.66 Å². The van der Waals surface area contributed by atoms with Crippen LogP contribution >= 0.6 is 0 Å². The smallest absolute Gasteiger partial charge is 0.159 e. The third kappa shape index (κ3) is 2.26. The lowest BCUT2D eigenvalue weighted by Gasteiger charge is -2.04. The van der Waals surface area contributed by atoms with Crippen molar-refractivity contribution < 1.29 is 0 Å². The zero-order valence-corrected chi connectivity index (χ0v) is 6.64. The van der Waals surface area contributed by atoms with Crippen LogP contribution in [0.1, 0.15) is 19.3 Å². The van der Waals surface area contributed by atoms with Crippen molar-refractivity contribution in [1.82, 2.24) is 0 Å². The zero-order valence-electron chi connectivity index (χ0n) is 6.64. The van der Waals surface area contributed by atoms with E-state index in [4.69, 9.17) is 12.0 Å². The second-order valence-corrected chi connectivity index (χ2v) is 2.59. The van der Waals surface area contributed by atoms with Crippen LogP contribution < -0.4 is 0 Å². The molecule has 0 N–H and O–H groups in total. The molecule has 1 heterocycles. The van der Waals surface area contributed by atoms with Crippen LogP contribution in [0.2, 0.25) is 0 Å². The van der Waals surface area contributed by atoms with Crippen molar-refractivity contribution >= 4 is 0 Å². The quantitative estimate of drug-likeness (QED) is 0.258. The third-order valence-electron chi connectivity index (χ3n) is 1.73. The first-order valence-corrected chi connectivity index (χ1v) is 3.71. The molecule has 12 heavy (non-hydrogen) atoms. The minimum atomic E-state index is -0.305. The molecule has 1 aliphatic rings. The highest BCUT2D eigenvalue weighted by Gasteiger charge is 2.38. The van der Waals surface area contributed by atoms with Crippen LogP contribution in [0.4, 0.5) is 0 Å². The number of nitrogens with zero attached hydrogens (tertiary/aromatic N) is 5. The lowest BCUT2D eigenvalue weighted by Crippen LogP contribution is -2.11. The second-order valence-electron chi connectivity index (χ2n) is 2.59. The summed E-state index contributed by atoms with van der Waals surface area (Å²) in [5, 5.41) is 11.2. The summed E-state index contributed by atoms with van der Waals surface area (Å²) < 4.78 is 0. The van der Waals surface area contributed by atoms with Crippen molar-refractivity contribution in [1.29, 1.82) is 0 Å². The maximum atomic E-state index is 8.02. The molecule has 0 aromatic carbocycles. The van der Waals surface area contributed by atoms with Gasteiger partial charge in [-0.1, -0.05) is 5.11 Å². The van der Waals surface area contributed by atoms with Gasteiger partial charge in [0.1, 0.15) is 0 Å². The number of azide groups is 1. The number of terminal acetylenes is 1. The average molecular weight is 163 g/mol. The van der Waals surface area contributed by atoms with Crippen molar-refractivity contribution in [2.75, 3.05) is 6.54 Å². The van der Waals surface area contributed by atoms with E-state index in [1.54, 1.807) is 0 Å². The highest BCUT2D eigenvalue weighted by molar-refractivity contribution is 4.97. The highest BCUT2D eigenvalue weighted by atomic mass is 15.4. The number of rotatable bonds is 5. The molecular formula is C7H9N5. The highest BCUT2D eigenvalue weighted by Crippen LogP contribution is 2.36. The summed E-state index contributed by atoms with van der Waals surface area (Å²) >= 11 is 0. The van der Waals surface area contributed by atoms with Gasteiger partial charge in [-0.15, -0.1) is 12.3 Å². The Labute approximate surface area is 70.5 Å². The minimum absolute atomic E-state index is 0.305. The Morgan fingerprint density at radius 2 is 2.25 bits per heavy atom. The summed E-state index contributed by atoms with van der Waals surface area (Å²) in [6.45, 7) is 0.439. The Kier molecular flexibility index (Phi) is 2.67. The van der Waals surface area contributed by atoms with Gasteiger partial charge in [-0.3, -0.25) is 0 Å². The SMILES string of the molecule is C#CCCC1(CCN=[N+]=[N-])N=N1. The summed E-state index contributed by atoms with van der Waals surface area (Å²) in [6.07, 6.45) is 7.22. The molecule has 0 atom stereocenters. The maximum Gasteiger partial charge on any atom is 0.192 e. The van der Waals surface area contributed by atoms with Gasteiger partial charge in [0.05, 0.1) is 0 Å². The molecule has 5 heteroatoms. The van der Waals surface area contributed by atoms with Gasteiger partial charge in [-0.25, -0.2) is 0 Å². The summed E-state index contributed by atoms with van der Waals surface area (Å²) in [7, 11) is 0. The first kappa shape index (κ1) is 8.57. The molecule has 0 unspecified atom stereocenters. The molecule has 0 bridgehead atoms. The van der Waals surface area contributed by atoms with Gasteiger partial charge < -0.3 is 0 Å². The molecular weight excluding hydrogens is 154 g/mol. The van der Waals surface area contributed by atoms with Gasteiger partial charge in [0.25, 0.3) is 0 Å². The summed E-state index contributed by atoms with van der Waals surface area (Å²) in [6, 6.07) is 0. The second kappa shape index (κ2) is 3.74. The fourth-order valence-electron chi connectivity index (χ4n) is 0.942. The lowest BCUT2D eigenvalue weighted by molar-refractivity contribution is 0.521. The molecule has 0 spiro atoms. The van der Waals surface area contributed by atoms with E-state index < -0.39 is 0 Å². The number of hydrogen-bond donors (Lipinski definition) is 0. The van der Waals surface area contributed by atoms with E-state index in [0.29, 0.717) is 19.4 Å². The Hall–Kier alpha value is -1.53. The van der Waals surface area contributed by atoms with Crippen molar-refractivity contribution in [3.63, 3.8) is 0 Å². The normalized spacial score (nSPS) is 16.2. The van der Waals surface area contributed by atoms with Crippen LogP contribution in [0, 0.1) is 12.3 Å². The summed E-state index contributed by atoms with van der Waals surface area (Å²) in [5.41, 5.74) is 7.72. The summed E-state index contributed by atoms with van der Waals surface area (Å²) in [5.74, 6) is 2.53. The molecule has 0 aliphatic carbocycles. The van der Waals surface area contributed by atoms with E-state index in [-0.39, 0.29) is 5.66 Å². The van der Waals surface area contributed by atoms with Crippen LogP contribution in [-0.4, -0.2) is 12.2 Å². The molecule has 0 aromatic rings. The van der Waals surface area contributed by atoms with Gasteiger partial charge in [-0.05, 0) is 5.53 Å². The first-order valence-electron chi connectivity index (χ1n) is 3.71. The van der Waals surface area contributed by atoms with Crippen molar-refractivity contribution in [3.05, 3.63) is 10.4 Å². The predicted octanol–water partition coefficient (Wildman–Crippen LogP) is 2.26. The maximum absolute atomic E-state index is 8.02. The van der Waals surface area contributed by atoms with E-state index in [2.05, 4.69) is 26.2 Å². The zero-order chi connectivity index (χ0) is 8.86. The summed E-state index contributed by atoms with van der Waals surface area (Å²) in [4.78, 5) is 2.65. The molecule has 1 aliphatic heterocycles. The molecule has 1 rings (SSSR count). The van der Waals surface area contributed by atoms with Crippen LogP contribution in [0.25, 0.3) is 10.4 Å². The van der Waals surface area contributed by atoms with Gasteiger partial charge in [-0.2, -0.15) is 10.2 Å². The Morgan fingerprint density at radius 1 is 1.50 bits per heavy atom. The molecule has 62 valence electrons. The predicted molar refractivity (Wildman–Crippen MR) is 44.3 cm³/mol. The monoisotopic (exact) mass is 163 g/mol. The molecule has 0 fully saturated rings. The van der Waals surface area contributed by atoms with Crippen LogP contribution in [0.3, 0.4) is 0 Å². The largest absolute Gasteiger partial charge is 0.192 e. The Bertz CT molecular complexity index is 262. The van der Waals surface area contributed by atoms with Gasteiger partial charge in [0.2, 0.25) is 0 Å². The third-order valence-corrected chi connectivity index (χ3v) is 1.73. The van der Waals surface area contributed by atoms with E-state index >= 15 is 0 Å². The molecule has 0 radical (unpaired) electrons. The molecule has 0 amide bonds. The average Bonchev–Trinajstić information content (AvgIpc) is 2.83. The van der Waals surface area contributed by atoms with Gasteiger partial charge in [0, 0.05) is 30.7 Å². The molecule has 0 saturated carbocycles. The van der Waals surface area contributed by atoms with E-state index in [0.717, 1.165) is 6.42 Å². The van der Waals surface area contributed by atoms with Crippen LogP contribution in [0.5, 0.6) is 0 Å². The molecule has 0 saturated heterocycles. The standard InChI is InChI=1S/C7H9N5/c1-2-3-4-7(10-11-7)5-6-9-12-8/h1H,3-6H2. The fraction of sp³-hybridized carbons (Fsp3) is 0.714. The Balaban J connectivity index is 2.21. The number of hydrogen-bond acceptors (Lipinski definition) is 3. The van der Waals surface area contributed by atoms with Crippen LogP contribution in [0.15, 0.2) is 15.3 Å². The minimum Gasteiger partial charge on any atom is -0.159 e. The van der Waals surface area contributed by atoms with E-state index in [1.165, 1.54) is 0 Å². The molecule has 5 nitrogen and oxygen atoms in total. The van der Waals surface area contributed by atoms with Crippen molar-refractivity contribution in [2.45, 2.75) is 24.9 Å². The van der Waals surface area contributed by atoms with Crippen molar-refractivity contribution in [2.24, 2.45) is 15.3 Å². The van der Waals surface area contributed by atoms with Crippen LogP contribution in [-0.2, 0) is 0 Å². The Morgan fingerprint density at radius 3 is 2.75 bits per heavy atom. The topological polar surface area (TPSA) is 73.5 Å². The lowest BCUT2D eigenvalue weighted by atomic mass is 10.1. The van der Waals surface area contributed by atoms with E-state index in [1.807, 2.05) is 0 Å². The van der Waals surface area contributed by atoms with Gasteiger partial charge >= 0.3 is 0 Å². The molecule has 0 aromatic heterocycles.